The summed E-state index contributed by atoms with van der Waals surface area (Å²) < 4.78 is 43.3. The van der Waals surface area contributed by atoms with Gasteiger partial charge in [0.25, 0.3) is 5.91 Å². The van der Waals surface area contributed by atoms with Gasteiger partial charge in [-0.1, -0.05) is 6.07 Å². The first-order chi connectivity index (χ1) is 11.7. The highest BCUT2D eigenvalue weighted by molar-refractivity contribution is 5.96. The van der Waals surface area contributed by atoms with Crippen LogP contribution in [0.15, 0.2) is 48.5 Å². The zero-order chi connectivity index (χ0) is 18.6. The van der Waals surface area contributed by atoms with Crippen LogP contribution in [-0.2, 0) is 11.0 Å². The quantitative estimate of drug-likeness (QED) is 0.867. The maximum Gasteiger partial charge on any atom is 0.416 e. The van der Waals surface area contributed by atoms with Crippen molar-refractivity contribution in [3.05, 3.63) is 59.7 Å². The third-order valence-electron chi connectivity index (χ3n) is 3.28. The smallest absolute Gasteiger partial charge is 0.416 e. The Hall–Kier alpha value is -3.03. The highest BCUT2D eigenvalue weighted by Crippen LogP contribution is 2.31. The van der Waals surface area contributed by atoms with E-state index in [1.54, 1.807) is 0 Å². The first kappa shape index (κ1) is 18.3. The van der Waals surface area contributed by atoms with Gasteiger partial charge < -0.3 is 15.8 Å². The number of primary amides is 1. The predicted octanol–water partition coefficient (Wildman–Crippen LogP) is 3.21. The molecule has 0 aliphatic heterocycles. The van der Waals surface area contributed by atoms with Crippen LogP contribution in [0.1, 0.15) is 22.8 Å². The topological polar surface area (TPSA) is 81.4 Å². The van der Waals surface area contributed by atoms with Gasteiger partial charge >= 0.3 is 6.18 Å². The summed E-state index contributed by atoms with van der Waals surface area (Å²) in [6.45, 7) is 1.41. The summed E-state index contributed by atoms with van der Waals surface area (Å²) in [7, 11) is 0. The minimum atomic E-state index is -4.49. The molecule has 0 fully saturated rings. The summed E-state index contributed by atoms with van der Waals surface area (Å²) in [5.74, 6) is -1.22. The lowest BCUT2D eigenvalue weighted by molar-refractivity contribution is -0.137. The molecule has 8 heteroatoms. The summed E-state index contributed by atoms with van der Waals surface area (Å²) in [4.78, 5) is 23.0. The Morgan fingerprint density at radius 3 is 2.32 bits per heavy atom. The SMILES string of the molecule is CC(Oc1cccc(C(F)(F)F)c1)C(=O)Nc1ccc(C(N)=O)cc1. The first-order valence-corrected chi connectivity index (χ1v) is 7.21. The Bertz CT molecular complexity index is 773. The number of hydrogen-bond acceptors (Lipinski definition) is 3. The number of alkyl halides is 3. The Labute approximate surface area is 141 Å². The monoisotopic (exact) mass is 352 g/mol. The molecule has 0 aromatic heterocycles. The number of nitrogens with one attached hydrogen (secondary N) is 1. The van der Waals surface area contributed by atoms with Crippen LogP contribution in [0, 0.1) is 0 Å². The largest absolute Gasteiger partial charge is 0.481 e. The number of halogens is 3. The number of carbonyl (C=O) groups excluding carboxylic acids is 2. The Balaban J connectivity index is 2.02. The molecule has 5 nitrogen and oxygen atoms in total. The van der Waals surface area contributed by atoms with Crippen molar-refractivity contribution in [3.63, 3.8) is 0 Å². The maximum absolute atomic E-state index is 12.7. The number of amides is 2. The molecule has 0 saturated carbocycles. The molecular formula is C17H15F3N2O3. The molecule has 0 radical (unpaired) electrons. The van der Waals surface area contributed by atoms with Crippen molar-refractivity contribution in [2.75, 3.05) is 5.32 Å². The number of rotatable bonds is 5. The summed E-state index contributed by atoms with van der Waals surface area (Å²) in [5, 5.41) is 2.53. The molecule has 2 amide bonds. The molecular weight excluding hydrogens is 337 g/mol. The van der Waals surface area contributed by atoms with Crippen LogP contribution >= 0.6 is 0 Å². The molecule has 0 aliphatic rings. The van der Waals surface area contributed by atoms with E-state index in [9.17, 15) is 22.8 Å². The molecule has 1 unspecified atom stereocenters. The van der Waals surface area contributed by atoms with Gasteiger partial charge in [-0.25, -0.2) is 0 Å². The van der Waals surface area contributed by atoms with Crippen LogP contribution in [0.4, 0.5) is 18.9 Å². The van der Waals surface area contributed by atoms with Crippen LogP contribution in [0.3, 0.4) is 0 Å². The molecule has 2 aromatic rings. The second kappa shape index (κ2) is 7.25. The molecule has 1 atom stereocenters. The molecule has 25 heavy (non-hydrogen) atoms. The maximum atomic E-state index is 12.7. The van der Waals surface area contributed by atoms with Crippen molar-refractivity contribution >= 4 is 17.5 Å². The zero-order valence-corrected chi connectivity index (χ0v) is 13.1. The summed E-state index contributed by atoms with van der Waals surface area (Å²) in [6, 6.07) is 10.1. The number of carbonyl (C=O) groups is 2. The van der Waals surface area contributed by atoms with Gasteiger partial charge in [0.15, 0.2) is 6.10 Å². The standard InChI is InChI=1S/C17H15F3N2O3/c1-10(25-14-4-2-3-12(9-14)17(18,19)20)16(24)22-13-7-5-11(6-8-13)15(21)23/h2-10H,1H3,(H2,21,23)(H,22,24). The van der Waals surface area contributed by atoms with E-state index in [0.717, 1.165) is 12.1 Å². The van der Waals surface area contributed by atoms with Gasteiger partial charge in [0.2, 0.25) is 5.91 Å². The van der Waals surface area contributed by atoms with Crippen molar-refractivity contribution in [1.82, 2.24) is 0 Å². The molecule has 0 aliphatic carbocycles. The second-order valence-electron chi connectivity index (χ2n) is 5.22. The van der Waals surface area contributed by atoms with Crippen molar-refractivity contribution < 1.29 is 27.5 Å². The number of benzene rings is 2. The fourth-order valence-corrected chi connectivity index (χ4v) is 1.97. The van der Waals surface area contributed by atoms with Crippen LogP contribution in [-0.4, -0.2) is 17.9 Å². The van der Waals surface area contributed by atoms with E-state index in [-0.39, 0.29) is 11.3 Å². The van der Waals surface area contributed by atoms with Crippen LogP contribution in [0.25, 0.3) is 0 Å². The van der Waals surface area contributed by atoms with E-state index < -0.39 is 29.7 Å². The van der Waals surface area contributed by atoms with E-state index in [4.69, 9.17) is 10.5 Å². The number of anilines is 1. The van der Waals surface area contributed by atoms with Crippen LogP contribution in [0.2, 0.25) is 0 Å². The average molecular weight is 352 g/mol. The van der Waals surface area contributed by atoms with Crippen molar-refractivity contribution in [1.29, 1.82) is 0 Å². The molecule has 0 saturated heterocycles. The Morgan fingerprint density at radius 1 is 1.12 bits per heavy atom. The van der Waals surface area contributed by atoms with E-state index in [1.807, 2.05) is 0 Å². The Kier molecular flexibility index (Phi) is 5.31. The summed E-state index contributed by atoms with van der Waals surface area (Å²) in [6.07, 6.45) is -5.52. The van der Waals surface area contributed by atoms with Gasteiger partial charge in [-0.15, -0.1) is 0 Å². The number of nitrogens with two attached hydrogens (primary N) is 1. The lowest BCUT2D eigenvalue weighted by atomic mass is 10.2. The molecule has 0 bridgehead atoms. The highest BCUT2D eigenvalue weighted by Gasteiger charge is 2.30. The Morgan fingerprint density at radius 2 is 1.76 bits per heavy atom. The van der Waals surface area contributed by atoms with Gasteiger partial charge in [0.05, 0.1) is 5.56 Å². The molecule has 0 spiro atoms. The van der Waals surface area contributed by atoms with Gasteiger partial charge in [-0.2, -0.15) is 13.2 Å². The van der Waals surface area contributed by atoms with Gasteiger partial charge in [-0.05, 0) is 49.4 Å². The third-order valence-corrected chi connectivity index (χ3v) is 3.28. The number of ether oxygens (including phenoxy) is 1. The second-order valence-corrected chi connectivity index (χ2v) is 5.22. The minimum Gasteiger partial charge on any atom is -0.481 e. The lowest BCUT2D eigenvalue weighted by Gasteiger charge is -2.16. The van der Waals surface area contributed by atoms with Gasteiger partial charge in [-0.3, -0.25) is 9.59 Å². The lowest BCUT2D eigenvalue weighted by Crippen LogP contribution is -2.30. The van der Waals surface area contributed by atoms with Crippen LogP contribution < -0.4 is 15.8 Å². The third kappa shape index (κ3) is 4.97. The highest BCUT2D eigenvalue weighted by atomic mass is 19.4. The first-order valence-electron chi connectivity index (χ1n) is 7.21. The van der Waals surface area contributed by atoms with Gasteiger partial charge in [0.1, 0.15) is 5.75 Å². The fraction of sp³-hybridized carbons (Fsp3) is 0.176. The molecule has 2 rings (SSSR count). The normalized spacial score (nSPS) is 12.3. The van der Waals surface area contributed by atoms with Crippen molar-refractivity contribution in [3.8, 4) is 5.75 Å². The summed E-state index contributed by atoms with van der Waals surface area (Å²) >= 11 is 0. The van der Waals surface area contributed by atoms with E-state index in [0.29, 0.717) is 5.69 Å². The van der Waals surface area contributed by atoms with Crippen molar-refractivity contribution in [2.24, 2.45) is 5.73 Å². The minimum absolute atomic E-state index is 0.0680. The van der Waals surface area contributed by atoms with Crippen LogP contribution in [0.5, 0.6) is 5.75 Å². The fourth-order valence-electron chi connectivity index (χ4n) is 1.97. The van der Waals surface area contributed by atoms with Gasteiger partial charge in [0, 0.05) is 11.3 Å². The molecule has 0 heterocycles. The number of hydrogen-bond donors (Lipinski definition) is 2. The van der Waals surface area contributed by atoms with Crippen molar-refractivity contribution in [2.45, 2.75) is 19.2 Å². The average Bonchev–Trinajstić information content (AvgIpc) is 2.54. The van der Waals surface area contributed by atoms with E-state index in [1.165, 1.54) is 43.3 Å². The summed E-state index contributed by atoms with van der Waals surface area (Å²) in [5.41, 5.74) is 4.94. The molecule has 2 aromatic carbocycles. The van der Waals surface area contributed by atoms with E-state index in [2.05, 4.69) is 5.32 Å². The molecule has 3 N–H and O–H groups in total. The molecule has 132 valence electrons. The predicted molar refractivity (Wildman–Crippen MR) is 85.1 cm³/mol. The van der Waals surface area contributed by atoms with E-state index >= 15 is 0 Å². The zero-order valence-electron chi connectivity index (χ0n) is 13.1.